The van der Waals surface area contributed by atoms with Crippen LogP contribution in [0.25, 0.3) is 26.3 Å². The minimum absolute atomic E-state index is 0.0383. The van der Waals surface area contributed by atoms with Gasteiger partial charge in [0.2, 0.25) is 0 Å². The minimum Gasteiger partial charge on any atom is -0.289 e. The van der Waals surface area contributed by atoms with Crippen LogP contribution in [0.5, 0.6) is 0 Å². The first-order valence-electron chi connectivity index (χ1n) is 8.72. The summed E-state index contributed by atoms with van der Waals surface area (Å²) >= 11 is 12.5. The van der Waals surface area contributed by atoms with Gasteiger partial charge in [-0.1, -0.05) is 30.3 Å². The van der Waals surface area contributed by atoms with E-state index in [0.717, 1.165) is 35.6 Å². The Bertz CT molecular complexity index is 1250. The van der Waals surface area contributed by atoms with Crippen molar-refractivity contribution in [1.29, 1.82) is 0 Å². The molecular formula is C23H15NOS4. The molecule has 0 fully saturated rings. The summed E-state index contributed by atoms with van der Waals surface area (Å²) in [6.07, 6.45) is 1.88. The third kappa shape index (κ3) is 3.67. The van der Waals surface area contributed by atoms with Crippen molar-refractivity contribution >= 4 is 75.2 Å². The van der Waals surface area contributed by atoms with Crippen molar-refractivity contribution in [1.82, 2.24) is 0 Å². The van der Waals surface area contributed by atoms with Crippen LogP contribution in [0.2, 0.25) is 0 Å². The summed E-state index contributed by atoms with van der Waals surface area (Å²) in [7, 11) is 0. The molecule has 0 saturated heterocycles. The van der Waals surface area contributed by atoms with E-state index in [2.05, 4.69) is 30.1 Å². The second kappa shape index (κ2) is 8.21. The van der Waals surface area contributed by atoms with Gasteiger partial charge in [0, 0.05) is 35.6 Å². The maximum Gasteiger partial charge on any atom is 0.192 e. The van der Waals surface area contributed by atoms with Crippen molar-refractivity contribution < 1.29 is 4.79 Å². The Hall–Kier alpha value is -2.30. The zero-order valence-electron chi connectivity index (χ0n) is 15.3. The molecule has 0 N–H and O–H groups in total. The fourth-order valence-corrected chi connectivity index (χ4v) is 5.65. The summed E-state index contributed by atoms with van der Waals surface area (Å²) in [4.78, 5) is 21.2. The maximum absolute atomic E-state index is 13.0. The van der Waals surface area contributed by atoms with Gasteiger partial charge in [0.05, 0.1) is 6.57 Å². The fraction of sp³-hybridized carbons (Fsp3) is 0.0435. The zero-order valence-corrected chi connectivity index (χ0v) is 18.8. The summed E-state index contributed by atoms with van der Waals surface area (Å²) in [5, 5.41) is 2.01. The molecule has 1 aromatic carbocycles. The van der Waals surface area contributed by atoms with Crippen LogP contribution in [0.15, 0.2) is 65.2 Å². The smallest absolute Gasteiger partial charge is 0.192 e. The zero-order chi connectivity index (χ0) is 20.5. The quantitative estimate of drug-likeness (QED) is 0.242. The van der Waals surface area contributed by atoms with E-state index in [1.54, 1.807) is 29.6 Å². The number of Topliss-reactive ketones (excluding diaryl/α,β-unsaturated/α-hetero) is 1. The van der Waals surface area contributed by atoms with Crippen LogP contribution in [-0.4, -0.2) is 5.78 Å². The highest BCUT2D eigenvalue weighted by molar-refractivity contribution is 7.97. The topological polar surface area (TPSA) is 21.4 Å². The number of thiophene rings is 2. The Morgan fingerprint density at radius 2 is 1.72 bits per heavy atom. The molecule has 0 aliphatic heterocycles. The summed E-state index contributed by atoms with van der Waals surface area (Å²) < 4.78 is 0. The number of carbonyl (C=O) groups is 1. The monoisotopic (exact) mass is 449 g/mol. The first-order chi connectivity index (χ1) is 14.0. The van der Waals surface area contributed by atoms with E-state index in [1.165, 1.54) is 0 Å². The van der Waals surface area contributed by atoms with Crippen LogP contribution < -0.4 is 0 Å². The number of carbonyl (C=O) groups excluding carboxylic acids is 1. The molecule has 0 radical (unpaired) electrons. The first-order valence-corrected chi connectivity index (χ1v) is 11.3. The highest BCUT2D eigenvalue weighted by atomic mass is 32.1. The molecule has 2 nitrogen and oxygen atoms in total. The Balaban J connectivity index is 1.77. The van der Waals surface area contributed by atoms with Crippen molar-refractivity contribution in [2.45, 2.75) is 6.92 Å². The summed E-state index contributed by atoms with van der Waals surface area (Å²) in [6, 6.07) is 15.4. The van der Waals surface area contributed by atoms with Gasteiger partial charge >= 0.3 is 0 Å². The number of rotatable bonds is 3. The van der Waals surface area contributed by atoms with Gasteiger partial charge in [0.15, 0.2) is 11.5 Å². The summed E-state index contributed by atoms with van der Waals surface area (Å²) in [5.74, 6) is -0.0383. The van der Waals surface area contributed by atoms with Gasteiger partial charge in [-0.05, 0) is 47.7 Å². The molecule has 29 heavy (non-hydrogen) atoms. The number of allylic oxidation sites excluding steroid dienone is 3. The molecule has 1 aliphatic carbocycles. The Morgan fingerprint density at radius 1 is 1.00 bits per heavy atom. The fourth-order valence-electron chi connectivity index (χ4n) is 3.23. The van der Waals surface area contributed by atoms with E-state index < -0.39 is 0 Å². The van der Waals surface area contributed by atoms with E-state index >= 15 is 0 Å². The van der Waals surface area contributed by atoms with Gasteiger partial charge in [-0.3, -0.25) is 4.79 Å². The SMILES string of the molecule is [C-]#[N+]/C(C)=C1\C(=C\c2ccc(C(S)=C(S)c3cccs3)s2)C(=O)c2ccccc21. The molecule has 0 saturated carbocycles. The maximum atomic E-state index is 13.0. The van der Waals surface area contributed by atoms with Gasteiger partial charge in [-0.2, -0.15) is 0 Å². The molecule has 0 unspecified atom stereocenters. The van der Waals surface area contributed by atoms with Gasteiger partial charge in [-0.25, -0.2) is 4.85 Å². The molecular weight excluding hydrogens is 435 g/mol. The lowest BCUT2D eigenvalue weighted by molar-refractivity contribution is 0.104. The Kier molecular flexibility index (Phi) is 5.66. The highest BCUT2D eigenvalue weighted by Crippen LogP contribution is 2.42. The largest absolute Gasteiger partial charge is 0.289 e. The number of benzene rings is 1. The van der Waals surface area contributed by atoms with E-state index in [0.29, 0.717) is 16.8 Å². The van der Waals surface area contributed by atoms with E-state index in [1.807, 2.05) is 60.0 Å². The first kappa shape index (κ1) is 20.0. The van der Waals surface area contributed by atoms with Gasteiger partial charge in [0.25, 0.3) is 0 Å². The average molecular weight is 450 g/mol. The van der Waals surface area contributed by atoms with Crippen LogP contribution in [0.3, 0.4) is 0 Å². The van der Waals surface area contributed by atoms with Gasteiger partial charge in [0.1, 0.15) is 0 Å². The van der Waals surface area contributed by atoms with Crippen LogP contribution in [0, 0.1) is 6.57 Å². The lowest BCUT2D eigenvalue weighted by Crippen LogP contribution is -1.94. The third-order valence-corrected chi connectivity index (χ3v) is 7.96. The van der Waals surface area contributed by atoms with Gasteiger partial charge < -0.3 is 0 Å². The van der Waals surface area contributed by atoms with Crippen LogP contribution >= 0.6 is 47.9 Å². The van der Waals surface area contributed by atoms with Crippen LogP contribution in [0.1, 0.15) is 37.5 Å². The van der Waals surface area contributed by atoms with Gasteiger partial charge in [-0.15, -0.1) is 47.9 Å². The van der Waals surface area contributed by atoms with Crippen molar-refractivity contribution in [3.8, 4) is 0 Å². The molecule has 6 heteroatoms. The lowest BCUT2D eigenvalue weighted by Gasteiger charge is -2.03. The number of hydrogen-bond donors (Lipinski definition) is 2. The second-order valence-corrected chi connectivity index (χ2v) is 9.34. The molecule has 142 valence electrons. The number of nitrogens with zero attached hydrogens (tertiary/aromatic N) is 1. The number of thiol groups is 2. The van der Waals surface area contributed by atoms with Crippen molar-refractivity contribution in [3.63, 3.8) is 0 Å². The number of fused-ring (bicyclic) bond motifs is 1. The summed E-state index contributed by atoms with van der Waals surface area (Å²) in [6.45, 7) is 9.19. The molecule has 0 bridgehead atoms. The predicted octanol–water partition coefficient (Wildman–Crippen LogP) is 7.43. The Morgan fingerprint density at radius 3 is 2.41 bits per heavy atom. The molecule has 3 aromatic rings. The number of hydrogen-bond acceptors (Lipinski definition) is 5. The van der Waals surface area contributed by atoms with Crippen molar-refractivity contribution in [2.75, 3.05) is 0 Å². The van der Waals surface area contributed by atoms with E-state index in [9.17, 15) is 4.79 Å². The van der Waals surface area contributed by atoms with Crippen molar-refractivity contribution in [2.24, 2.45) is 0 Å². The standard InChI is InChI=1S/C23H15NOS4/c1-13(24-2)20-15-6-3-4-7-16(15)21(25)17(20)12-14-9-10-19(29-14)23(27)22(26)18-8-5-11-28-18/h3-12,26-27H,1H3/b17-12-,20-13-,23-22?. The average Bonchev–Trinajstić information content (AvgIpc) is 3.48. The molecule has 1 aliphatic rings. The molecule has 2 aromatic heterocycles. The highest BCUT2D eigenvalue weighted by Gasteiger charge is 2.30. The van der Waals surface area contributed by atoms with Crippen molar-refractivity contribution in [3.05, 3.63) is 102 Å². The Labute approximate surface area is 188 Å². The predicted molar refractivity (Wildman–Crippen MR) is 131 cm³/mol. The van der Waals surface area contributed by atoms with Crippen LogP contribution in [0.4, 0.5) is 0 Å². The summed E-state index contributed by atoms with van der Waals surface area (Å²) in [5.41, 5.74) is 3.31. The minimum atomic E-state index is -0.0383. The number of ketones is 1. The molecule has 2 heterocycles. The lowest BCUT2D eigenvalue weighted by atomic mass is 10.0. The molecule has 4 rings (SSSR count). The second-order valence-electron chi connectivity index (χ2n) is 6.38. The molecule has 0 atom stereocenters. The molecule has 0 spiro atoms. The third-order valence-electron chi connectivity index (χ3n) is 4.61. The molecule has 0 amide bonds. The van der Waals surface area contributed by atoms with E-state index in [-0.39, 0.29) is 5.78 Å². The normalized spacial score (nSPS) is 17.2. The van der Waals surface area contributed by atoms with Crippen LogP contribution in [-0.2, 0) is 0 Å². The van der Waals surface area contributed by atoms with E-state index in [4.69, 9.17) is 6.57 Å².